The van der Waals surface area contributed by atoms with E-state index in [2.05, 4.69) is 5.32 Å². The summed E-state index contributed by atoms with van der Waals surface area (Å²) in [5, 5.41) is 12.3. The number of amides is 1. The van der Waals surface area contributed by atoms with Crippen molar-refractivity contribution >= 4 is 23.3 Å². The van der Waals surface area contributed by atoms with Crippen LogP contribution in [-0.2, 0) is 9.53 Å². The maximum absolute atomic E-state index is 12.2. The molecule has 0 heterocycles. The number of nitrogens with one attached hydrogen (secondary N) is 1. The fourth-order valence-electron chi connectivity index (χ4n) is 2.22. The number of anilines is 1. The number of phenols is 1. The van der Waals surface area contributed by atoms with Crippen LogP contribution in [0.4, 0.5) is 5.69 Å². The Bertz CT molecular complexity index is 828. The lowest BCUT2D eigenvalue weighted by molar-refractivity contribution is -0.123. The lowest BCUT2D eigenvalue weighted by Crippen LogP contribution is -2.30. The molecule has 0 aromatic heterocycles. The van der Waals surface area contributed by atoms with Gasteiger partial charge in [-0.3, -0.25) is 9.59 Å². The molecule has 0 aliphatic heterocycles. The third-order valence-electron chi connectivity index (χ3n) is 3.59. The minimum absolute atomic E-state index is 0.0104. The Morgan fingerprint density at radius 2 is 1.76 bits per heavy atom. The zero-order chi connectivity index (χ0) is 18.6. The van der Waals surface area contributed by atoms with Gasteiger partial charge in [0.1, 0.15) is 11.3 Å². The molecule has 2 aromatic rings. The van der Waals surface area contributed by atoms with E-state index in [1.807, 2.05) is 0 Å². The molecule has 2 rings (SSSR count). The number of esters is 1. The first-order valence-electron chi connectivity index (χ1n) is 7.71. The number of rotatable bonds is 5. The van der Waals surface area contributed by atoms with Gasteiger partial charge in [0.2, 0.25) is 0 Å². The maximum atomic E-state index is 12.2. The number of hydrogen-bond acceptors (Lipinski definition) is 5. The lowest BCUT2D eigenvalue weighted by Gasteiger charge is -2.15. The van der Waals surface area contributed by atoms with Crippen LogP contribution in [0.5, 0.6) is 5.75 Å². The molecule has 2 aromatic carbocycles. The molecule has 25 heavy (non-hydrogen) atoms. The van der Waals surface area contributed by atoms with Gasteiger partial charge in [0, 0.05) is 5.56 Å². The van der Waals surface area contributed by atoms with Crippen LogP contribution in [0.3, 0.4) is 0 Å². The highest BCUT2D eigenvalue weighted by molar-refractivity contribution is 6.05. The summed E-state index contributed by atoms with van der Waals surface area (Å²) >= 11 is 0. The predicted molar refractivity (Wildman–Crippen MR) is 92.8 cm³/mol. The number of benzene rings is 2. The molecule has 1 amide bonds. The summed E-state index contributed by atoms with van der Waals surface area (Å²) in [4.78, 5) is 36.0. The second-order valence-corrected chi connectivity index (χ2v) is 5.66. The fourth-order valence-corrected chi connectivity index (χ4v) is 2.22. The summed E-state index contributed by atoms with van der Waals surface area (Å²) in [5.41, 5.74) is 1.48. The Balaban J connectivity index is 2.09. The zero-order valence-electron chi connectivity index (χ0n) is 14.2. The first kappa shape index (κ1) is 18.2. The summed E-state index contributed by atoms with van der Waals surface area (Å²) in [6.45, 7) is 4.58. The van der Waals surface area contributed by atoms with E-state index >= 15 is 0 Å². The average molecular weight is 341 g/mol. The number of Topliss-reactive ketones (excluding diaryl/α,β-unsaturated/α-hetero) is 1. The molecule has 0 aliphatic rings. The fraction of sp³-hybridized carbons (Fsp3) is 0.211. The maximum Gasteiger partial charge on any atom is 0.342 e. The van der Waals surface area contributed by atoms with Crippen LogP contribution in [0.15, 0.2) is 42.5 Å². The number of ether oxygens (including phenoxy) is 1. The van der Waals surface area contributed by atoms with Crippen LogP contribution in [0.2, 0.25) is 0 Å². The minimum atomic E-state index is -1.10. The van der Waals surface area contributed by atoms with Gasteiger partial charge in [-0.1, -0.05) is 23.8 Å². The molecule has 130 valence electrons. The van der Waals surface area contributed by atoms with Gasteiger partial charge in [0.25, 0.3) is 5.91 Å². The summed E-state index contributed by atoms with van der Waals surface area (Å²) in [7, 11) is 0. The SMILES string of the molecule is CC(=O)c1ccccc1NC(=O)[C@H](C)OC(=O)c1cc(C)ccc1O. The topological polar surface area (TPSA) is 92.7 Å². The number of para-hydroxylation sites is 1. The number of aromatic hydroxyl groups is 1. The van der Waals surface area contributed by atoms with Gasteiger partial charge in [0.15, 0.2) is 11.9 Å². The van der Waals surface area contributed by atoms with Crippen molar-refractivity contribution in [1.29, 1.82) is 0 Å². The molecule has 0 radical (unpaired) electrons. The van der Waals surface area contributed by atoms with Gasteiger partial charge in [-0.15, -0.1) is 0 Å². The van der Waals surface area contributed by atoms with Gasteiger partial charge >= 0.3 is 5.97 Å². The van der Waals surface area contributed by atoms with E-state index in [0.29, 0.717) is 11.3 Å². The second-order valence-electron chi connectivity index (χ2n) is 5.66. The standard InChI is InChI=1S/C19H19NO5/c1-11-8-9-17(22)15(10-11)19(24)25-13(3)18(23)20-16-7-5-4-6-14(16)12(2)21/h4-10,13,22H,1-3H3,(H,20,23)/t13-/m0/s1. The first-order chi connectivity index (χ1) is 11.8. The van der Waals surface area contributed by atoms with Gasteiger partial charge in [0.05, 0.1) is 5.69 Å². The molecule has 0 spiro atoms. The molecule has 0 bridgehead atoms. The number of carbonyl (C=O) groups is 3. The number of aryl methyl sites for hydroxylation is 1. The van der Waals surface area contributed by atoms with Crippen LogP contribution in [0, 0.1) is 6.92 Å². The van der Waals surface area contributed by atoms with E-state index in [0.717, 1.165) is 5.56 Å². The normalized spacial score (nSPS) is 11.5. The zero-order valence-corrected chi connectivity index (χ0v) is 14.2. The van der Waals surface area contributed by atoms with Crippen LogP contribution in [0.25, 0.3) is 0 Å². The quantitative estimate of drug-likeness (QED) is 0.644. The van der Waals surface area contributed by atoms with E-state index in [-0.39, 0.29) is 17.1 Å². The average Bonchev–Trinajstić information content (AvgIpc) is 2.57. The molecule has 0 unspecified atom stereocenters. The van der Waals surface area contributed by atoms with Crippen molar-refractivity contribution in [3.63, 3.8) is 0 Å². The number of phenolic OH excluding ortho intramolecular Hbond substituents is 1. The summed E-state index contributed by atoms with van der Waals surface area (Å²) in [6.07, 6.45) is -1.10. The van der Waals surface area contributed by atoms with Crippen LogP contribution in [-0.4, -0.2) is 28.9 Å². The third kappa shape index (κ3) is 4.44. The molecule has 6 nitrogen and oxygen atoms in total. The highest BCUT2D eigenvalue weighted by Gasteiger charge is 2.22. The number of ketones is 1. The monoisotopic (exact) mass is 341 g/mol. The van der Waals surface area contributed by atoms with Crippen molar-refractivity contribution in [3.8, 4) is 5.75 Å². The van der Waals surface area contributed by atoms with E-state index in [1.165, 1.54) is 26.0 Å². The molecule has 2 N–H and O–H groups in total. The van der Waals surface area contributed by atoms with Crippen LogP contribution < -0.4 is 5.32 Å². The molecule has 0 fully saturated rings. The minimum Gasteiger partial charge on any atom is -0.507 e. The summed E-state index contributed by atoms with van der Waals surface area (Å²) < 4.78 is 5.11. The van der Waals surface area contributed by atoms with E-state index in [9.17, 15) is 19.5 Å². The van der Waals surface area contributed by atoms with E-state index in [4.69, 9.17) is 4.74 Å². The molecular formula is C19H19NO5. The molecular weight excluding hydrogens is 322 g/mol. The van der Waals surface area contributed by atoms with Gasteiger partial charge in [-0.2, -0.15) is 0 Å². The van der Waals surface area contributed by atoms with Crippen molar-refractivity contribution in [2.24, 2.45) is 0 Å². The Labute approximate surface area is 145 Å². The Morgan fingerprint density at radius 3 is 2.44 bits per heavy atom. The smallest absolute Gasteiger partial charge is 0.342 e. The molecule has 0 saturated carbocycles. The van der Waals surface area contributed by atoms with Gasteiger partial charge < -0.3 is 15.2 Å². The highest BCUT2D eigenvalue weighted by atomic mass is 16.5. The van der Waals surface area contributed by atoms with Crippen LogP contribution >= 0.6 is 0 Å². The number of carbonyl (C=O) groups excluding carboxylic acids is 3. The lowest BCUT2D eigenvalue weighted by atomic mass is 10.1. The van der Waals surface area contributed by atoms with Crippen LogP contribution in [0.1, 0.15) is 40.1 Å². The Morgan fingerprint density at radius 1 is 1.08 bits per heavy atom. The Kier molecular flexibility index (Phi) is 5.54. The summed E-state index contributed by atoms with van der Waals surface area (Å²) in [6, 6.07) is 11.1. The van der Waals surface area contributed by atoms with Gasteiger partial charge in [-0.05, 0) is 45.0 Å². The van der Waals surface area contributed by atoms with E-state index < -0.39 is 18.0 Å². The molecule has 0 aliphatic carbocycles. The Hall–Kier alpha value is -3.15. The van der Waals surface area contributed by atoms with E-state index in [1.54, 1.807) is 37.3 Å². The highest BCUT2D eigenvalue weighted by Crippen LogP contribution is 2.20. The molecule has 1 atom stereocenters. The van der Waals surface area contributed by atoms with Crippen molar-refractivity contribution in [1.82, 2.24) is 0 Å². The number of hydrogen-bond donors (Lipinski definition) is 2. The van der Waals surface area contributed by atoms with Gasteiger partial charge in [-0.25, -0.2) is 4.79 Å². The second kappa shape index (κ2) is 7.61. The molecule has 0 saturated heterocycles. The van der Waals surface area contributed by atoms with Crippen molar-refractivity contribution in [2.75, 3.05) is 5.32 Å². The van der Waals surface area contributed by atoms with Crippen molar-refractivity contribution in [2.45, 2.75) is 26.9 Å². The first-order valence-corrected chi connectivity index (χ1v) is 7.71. The molecule has 6 heteroatoms. The third-order valence-corrected chi connectivity index (χ3v) is 3.59. The van der Waals surface area contributed by atoms with Crippen molar-refractivity contribution in [3.05, 3.63) is 59.2 Å². The summed E-state index contributed by atoms with van der Waals surface area (Å²) in [5.74, 6) is -1.78. The van der Waals surface area contributed by atoms with Crippen molar-refractivity contribution < 1.29 is 24.2 Å². The largest absolute Gasteiger partial charge is 0.507 e. The predicted octanol–water partition coefficient (Wildman–Crippen LogP) is 3.09.